The SMILES string of the molecule is CN(C)CC1Oc2cc(F)ccc2C1N1C(=O)C(C)(C)c2ccccc21. The van der Waals surface area contributed by atoms with E-state index in [1.807, 2.05) is 62.0 Å². The average molecular weight is 354 g/mol. The van der Waals surface area contributed by atoms with Gasteiger partial charge in [-0.05, 0) is 45.6 Å². The molecular formula is C21H23FN2O2. The molecule has 26 heavy (non-hydrogen) atoms. The maximum Gasteiger partial charge on any atom is 0.237 e. The number of nitrogens with zero attached hydrogens (tertiary/aromatic N) is 2. The van der Waals surface area contributed by atoms with Gasteiger partial charge < -0.3 is 9.64 Å². The second-order valence-electron chi connectivity index (χ2n) is 7.86. The predicted molar refractivity (Wildman–Crippen MR) is 99.1 cm³/mol. The third kappa shape index (κ3) is 2.42. The topological polar surface area (TPSA) is 32.8 Å². The lowest BCUT2D eigenvalue weighted by Crippen LogP contribution is -2.45. The zero-order chi connectivity index (χ0) is 18.6. The summed E-state index contributed by atoms with van der Waals surface area (Å²) in [5.41, 5.74) is 2.20. The third-order valence-corrected chi connectivity index (χ3v) is 5.34. The summed E-state index contributed by atoms with van der Waals surface area (Å²) in [7, 11) is 3.93. The van der Waals surface area contributed by atoms with Gasteiger partial charge in [-0.25, -0.2) is 4.39 Å². The number of halogens is 1. The van der Waals surface area contributed by atoms with Gasteiger partial charge in [0.1, 0.15) is 23.7 Å². The van der Waals surface area contributed by atoms with E-state index in [-0.39, 0.29) is 23.9 Å². The molecule has 4 nitrogen and oxygen atoms in total. The Morgan fingerprint density at radius 2 is 1.92 bits per heavy atom. The predicted octanol–water partition coefficient (Wildman–Crippen LogP) is 3.51. The highest BCUT2D eigenvalue weighted by Crippen LogP contribution is 2.50. The van der Waals surface area contributed by atoms with Gasteiger partial charge in [-0.15, -0.1) is 0 Å². The van der Waals surface area contributed by atoms with Gasteiger partial charge in [-0.3, -0.25) is 9.69 Å². The number of hydrogen-bond donors (Lipinski definition) is 0. The fourth-order valence-corrected chi connectivity index (χ4v) is 4.10. The van der Waals surface area contributed by atoms with E-state index in [2.05, 4.69) is 0 Å². The first-order valence-electron chi connectivity index (χ1n) is 8.84. The molecule has 1 amide bonds. The molecule has 2 aliphatic heterocycles. The van der Waals surface area contributed by atoms with E-state index in [0.29, 0.717) is 12.3 Å². The van der Waals surface area contributed by atoms with Gasteiger partial charge >= 0.3 is 0 Å². The summed E-state index contributed by atoms with van der Waals surface area (Å²) in [6, 6.07) is 12.2. The van der Waals surface area contributed by atoms with E-state index in [0.717, 1.165) is 16.8 Å². The summed E-state index contributed by atoms with van der Waals surface area (Å²) in [6.45, 7) is 4.54. The van der Waals surface area contributed by atoms with Crippen molar-refractivity contribution in [2.45, 2.75) is 31.4 Å². The maximum atomic E-state index is 13.7. The van der Waals surface area contributed by atoms with Crippen molar-refractivity contribution in [3.63, 3.8) is 0 Å². The molecule has 0 saturated carbocycles. The summed E-state index contributed by atoms with van der Waals surface area (Å²) in [5, 5.41) is 0. The van der Waals surface area contributed by atoms with E-state index in [4.69, 9.17) is 4.74 Å². The second-order valence-corrected chi connectivity index (χ2v) is 7.86. The van der Waals surface area contributed by atoms with Crippen LogP contribution in [0.5, 0.6) is 5.75 Å². The Morgan fingerprint density at radius 3 is 2.65 bits per heavy atom. The lowest BCUT2D eigenvalue weighted by atomic mass is 9.86. The van der Waals surface area contributed by atoms with Crippen molar-refractivity contribution < 1.29 is 13.9 Å². The molecule has 0 radical (unpaired) electrons. The minimum absolute atomic E-state index is 0.0493. The van der Waals surface area contributed by atoms with Gasteiger partial charge in [0.15, 0.2) is 0 Å². The third-order valence-electron chi connectivity index (χ3n) is 5.34. The molecule has 2 aromatic rings. The van der Waals surface area contributed by atoms with Crippen LogP contribution in [-0.4, -0.2) is 37.6 Å². The number of likely N-dealkylation sites (N-methyl/N-ethyl adjacent to an activating group) is 1. The molecule has 4 rings (SSSR count). The van der Waals surface area contributed by atoms with Crippen molar-refractivity contribution in [3.8, 4) is 5.75 Å². The number of amides is 1. The van der Waals surface area contributed by atoms with Crippen LogP contribution in [0.25, 0.3) is 0 Å². The Morgan fingerprint density at radius 1 is 1.19 bits per heavy atom. The van der Waals surface area contributed by atoms with Crippen LogP contribution >= 0.6 is 0 Å². The van der Waals surface area contributed by atoms with E-state index in [9.17, 15) is 9.18 Å². The Labute approximate surface area is 153 Å². The molecule has 5 heteroatoms. The minimum Gasteiger partial charge on any atom is -0.486 e. The average Bonchev–Trinajstić information content (AvgIpc) is 3.00. The summed E-state index contributed by atoms with van der Waals surface area (Å²) < 4.78 is 19.8. The Balaban J connectivity index is 1.86. The summed E-state index contributed by atoms with van der Waals surface area (Å²) in [6.07, 6.45) is -0.257. The highest BCUT2D eigenvalue weighted by atomic mass is 19.1. The molecule has 2 heterocycles. The van der Waals surface area contributed by atoms with E-state index < -0.39 is 5.41 Å². The molecule has 0 aromatic heterocycles. The second kappa shape index (κ2) is 5.81. The maximum absolute atomic E-state index is 13.7. The molecular weight excluding hydrogens is 331 g/mol. The molecule has 0 N–H and O–H groups in total. The van der Waals surface area contributed by atoms with Gasteiger partial charge in [0, 0.05) is 23.9 Å². The quantitative estimate of drug-likeness (QED) is 0.846. The number of fused-ring (bicyclic) bond motifs is 2. The number of carbonyl (C=O) groups is 1. The highest BCUT2D eigenvalue weighted by molar-refractivity contribution is 6.08. The van der Waals surface area contributed by atoms with Crippen molar-refractivity contribution in [3.05, 3.63) is 59.4 Å². The highest BCUT2D eigenvalue weighted by Gasteiger charge is 2.51. The number of benzene rings is 2. The number of para-hydroxylation sites is 1. The first kappa shape index (κ1) is 17.0. The first-order chi connectivity index (χ1) is 12.3. The fraction of sp³-hybridized carbons (Fsp3) is 0.381. The lowest BCUT2D eigenvalue weighted by Gasteiger charge is -2.31. The van der Waals surface area contributed by atoms with Crippen molar-refractivity contribution in [2.75, 3.05) is 25.5 Å². The number of carbonyl (C=O) groups excluding carboxylic acids is 1. The van der Waals surface area contributed by atoms with Crippen molar-refractivity contribution in [1.82, 2.24) is 4.90 Å². The minimum atomic E-state index is -0.595. The summed E-state index contributed by atoms with van der Waals surface area (Å²) in [5.74, 6) is 0.242. The normalized spacial score (nSPS) is 23.2. The van der Waals surface area contributed by atoms with Gasteiger partial charge in [0.05, 0.1) is 5.41 Å². The molecule has 0 saturated heterocycles. The number of ether oxygens (including phenoxy) is 1. The van der Waals surface area contributed by atoms with E-state index >= 15 is 0 Å². The van der Waals surface area contributed by atoms with Gasteiger partial charge in [0.25, 0.3) is 0 Å². The van der Waals surface area contributed by atoms with Crippen molar-refractivity contribution in [1.29, 1.82) is 0 Å². The van der Waals surface area contributed by atoms with E-state index in [1.54, 1.807) is 6.07 Å². The summed E-state index contributed by atoms with van der Waals surface area (Å²) >= 11 is 0. The molecule has 2 aliphatic rings. The molecule has 0 fully saturated rings. The van der Waals surface area contributed by atoms with Gasteiger partial charge in [-0.1, -0.05) is 24.3 Å². The fourth-order valence-electron chi connectivity index (χ4n) is 4.10. The Bertz CT molecular complexity index is 878. The molecule has 0 bridgehead atoms. The van der Waals surface area contributed by atoms with E-state index in [1.165, 1.54) is 12.1 Å². The Kier molecular flexibility index (Phi) is 3.81. The molecule has 0 aliphatic carbocycles. The van der Waals surface area contributed by atoms with Crippen LogP contribution < -0.4 is 9.64 Å². The lowest BCUT2D eigenvalue weighted by molar-refractivity contribution is -0.122. The van der Waals surface area contributed by atoms with Crippen LogP contribution in [0.1, 0.15) is 31.0 Å². The van der Waals surface area contributed by atoms with Crippen LogP contribution in [0.2, 0.25) is 0 Å². The van der Waals surface area contributed by atoms with Crippen LogP contribution in [-0.2, 0) is 10.2 Å². The number of rotatable bonds is 3. The zero-order valence-electron chi connectivity index (χ0n) is 15.5. The van der Waals surface area contributed by atoms with Gasteiger partial charge in [-0.2, -0.15) is 0 Å². The smallest absolute Gasteiger partial charge is 0.237 e. The molecule has 0 spiro atoms. The monoisotopic (exact) mass is 354 g/mol. The number of hydrogen-bond acceptors (Lipinski definition) is 3. The van der Waals surface area contributed by atoms with Crippen LogP contribution in [0.4, 0.5) is 10.1 Å². The van der Waals surface area contributed by atoms with Crippen molar-refractivity contribution >= 4 is 11.6 Å². The first-order valence-corrected chi connectivity index (χ1v) is 8.84. The summed E-state index contributed by atoms with van der Waals surface area (Å²) in [4.78, 5) is 17.2. The molecule has 2 unspecified atom stereocenters. The van der Waals surface area contributed by atoms with Crippen LogP contribution in [0.3, 0.4) is 0 Å². The molecule has 2 aromatic carbocycles. The van der Waals surface area contributed by atoms with Crippen molar-refractivity contribution in [2.24, 2.45) is 0 Å². The zero-order valence-corrected chi connectivity index (χ0v) is 15.5. The van der Waals surface area contributed by atoms with Gasteiger partial charge in [0.2, 0.25) is 5.91 Å². The molecule has 2 atom stereocenters. The van der Waals surface area contributed by atoms with Crippen LogP contribution in [0, 0.1) is 5.82 Å². The molecule has 136 valence electrons. The standard InChI is InChI=1S/C21H23FN2O2/c1-21(2)15-7-5-6-8-16(15)24(20(21)25)19-14-10-9-13(22)11-17(14)26-18(19)12-23(3)4/h5-11,18-19H,12H2,1-4H3. The Hall–Kier alpha value is -2.40. The number of anilines is 1. The largest absolute Gasteiger partial charge is 0.486 e. The van der Waals surface area contributed by atoms with Crippen LogP contribution in [0.15, 0.2) is 42.5 Å².